The molecule has 1 atom stereocenters. The maximum absolute atomic E-state index is 11.0. The molecule has 1 aromatic heterocycles. The van der Waals surface area contributed by atoms with Gasteiger partial charge in [0, 0.05) is 16.5 Å². The van der Waals surface area contributed by atoms with E-state index >= 15 is 0 Å². The third kappa shape index (κ3) is 3.07. The Labute approximate surface area is 128 Å². The molecule has 1 heterocycles. The van der Waals surface area contributed by atoms with Crippen LogP contribution in [0.15, 0.2) is 29.6 Å². The fourth-order valence-electron chi connectivity index (χ4n) is 2.32. The SMILES string of the molecule is CCc1cc(C(C)(O)c2cc(Cl)ccc2CCO)cs1. The van der Waals surface area contributed by atoms with Crippen LogP contribution in [0, 0.1) is 0 Å². The Kier molecular flexibility index (Phi) is 4.86. The van der Waals surface area contributed by atoms with E-state index in [1.807, 2.05) is 17.5 Å². The number of thiophene rings is 1. The third-order valence-electron chi connectivity index (χ3n) is 3.54. The second kappa shape index (κ2) is 6.27. The number of rotatable bonds is 5. The summed E-state index contributed by atoms with van der Waals surface area (Å²) in [6.45, 7) is 3.93. The predicted octanol–water partition coefficient (Wildman–Crippen LogP) is 3.75. The number of aryl methyl sites for hydroxylation is 1. The van der Waals surface area contributed by atoms with Gasteiger partial charge in [-0.25, -0.2) is 0 Å². The summed E-state index contributed by atoms with van der Waals surface area (Å²) in [6, 6.07) is 7.48. The van der Waals surface area contributed by atoms with E-state index < -0.39 is 5.60 Å². The molecule has 2 aromatic rings. The van der Waals surface area contributed by atoms with Gasteiger partial charge in [0.25, 0.3) is 0 Å². The van der Waals surface area contributed by atoms with Crippen LogP contribution >= 0.6 is 22.9 Å². The summed E-state index contributed by atoms with van der Waals surface area (Å²) in [5.41, 5.74) is 1.46. The summed E-state index contributed by atoms with van der Waals surface area (Å²) in [4.78, 5) is 1.24. The van der Waals surface area contributed by atoms with Gasteiger partial charge in [-0.3, -0.25) is 0 Å². The van der Waals surface area contributed by atoms with Crippen molar-refractivity contribution in [1.82, 2.24) is 0 Å². The van der Waals surface area contributed by atoms with Crippen LogP contribution in [-0.4, -0.2) is 16.8 Å². The van der Waals surface area contributed by atoms with Crippen LogP contribution in [0.2, 0.25) is 5.02 Å². The van der Waals surface area contributed by atoms with Gasteiger partial charge in [-0.2, -0.15) is 0 Å². The van der Waals surface area contributed by atoms with E-state index in [4.69, 9.17) is 11.6 Å². The van der Waals surface area contributed by atoms with Gasteiger partial charge in [0.1, 0.15) is 5.60 Å². The molecule has 1 aromatic carbocycles. The normalized spacial score (nSPS) is 14.2. The van der Waals surface area contributed by atoms with E-state index in [9.17, 15) is 10.2 Å². The van der Waals surface area contributed by atoms with Crippen molar-refractivity contribution in [2.75, 3.05) is 6.61 Å². The highest BCUT2D eigenvalue weighted by Crippen LogP contribution is 2.35. The Morgan fingerprint density at radius 1 is 1.30 bits per heavy atom. The van der Waals surface area contributed by atoms with Gasteiger partial charge in [-0.05, 0) is 60.0 Å². The summed E-state index contributed by atoms with van der Waals surface area (Å²) < 4.78 is 0. The summed E-state index contributed by atoms with van der Waals surface area (Å²) in [7, 11) is 0. The quantitative estimate of drug-likeness (QED) is 0.883. The van der Waals surface area contributed by atoms with Crippen molar-refractivity contribution in [3.63, 3.8) is 0 Å². The summed E-state index contributed by atoms with van der Waals surface area (Å²) in [5.74, 6) is 0. The molecule has 0 fully saturated rings. The molecule has 0 radical (unpaired) electrons. The number of aliphatic hydroxyl groups excluding tert-OH is 1. The van der Waals surface area contributed by atoms with Gasteiger partial charge in [-0.15, -0.1) is 11.3 Å². The molecule has 20 heavy (non-hydrogen) atoms. The van der Waals surface area contributed by atoms with Crippen molar-refractivity contribution < 1.29 is 10.2 Å². The Bertz CT molecular complexity index is 590. The van der Waals surface area contributed by atoms with E-state index in [2.05, 4.69) is 6.92 Å². The van der Waals surface area contributed by atoms with Gasteiger partial charge < -0.3 is 10.2 Å². The van der Waals surface area contributed by atoms with Crippen LogP contribution < -0.4 is 0 Å². The number of halogens is 1. The number of hydrogen-bond acceptors (Lipinski definition) is 3. The minimum absolute atomic E-state index is 0.0502. The second-order valence-electron chi connectivity index (χ2n) is 5.00. The van der Waals surface area contributed by atoms with Crippen molar-refractivity contribution in [2.24, 2.45) is 0 Å². The van der Waals surface area contributed by atoms with Gasteiger partial charge >= 0.3 is 0 Å². The first-order valence-corrected chi connectivity index (χ1v) is 7.94. The van der Waals surface area contributed by atoms with E-state index in [0.717, 1.165) is 23.1 Å². The topological polar surface area (TPSA) is 40.5 Å². The molecule has 2 rings (SSSR count). The van der Waals surface area contributed by atoms with Gasteiger partial charge in [0.15, 0.2) is 0 Å². The number of hydrogen-bond donors (Lipinski definition) is 2. The van der Waals surface area contributed by atoms with Crippen molar-refractivity contribution in [1.29, 1.82) is 0 Å². The van der Waals surface area contributed by atoms with Crippen LogP contribution in [0.1, 0.15) is 35.4 Å². The molecule has 0 aliphatic heterocycles. The minimum atomic E-state index is -1.10. The first kappa shape index (κ1) is 15.5. The minimum Gasteiger partial charge on any atom is -0.396 e. The molecule has 0 spiro atoms. The van der Waals surface area contributed by atoms with E-state index in [-0.39, 0.29) is 6.61 Å². The number of aliphatic hydroxyl groups is 2. The van der Waals surface area contributed by atoms with E-state index in [1.54, 1.807) is 30.4 Å². The number of benzene rings is 1. The first-order valence-electron chi connectivity index (χ1n) is 6.69. The fraction of sp³-hybridized carbons (Fsp3) is 0.375. The zero-order valence-electron chi connectivity index (χ0n) is 11.7. The Balaban J connectivity index is 2.49. The highest BCUT2D eigenvalue weighted by Gasteiger charge is 2.29. The van der Waals surface area contributed by atoms with Gasteiger partial charge in [0.2, 0.25) is 0 Å². The van der Waals surface area contributed by atoms with Crippen molar-refractivity contribution >= 4 is 22.9 Å². The lowest BCUT2D eigenvalue weighted by Gasteiger charge is -2.26. The van der Waals surface area contributed by atoms with Crippen molar-refractivity contribution in [2.45, 2.75) is 32.3 Å². The largest absolute Gasteiger partial charge is 0.396 e. The van der Waals surface area contributed by atoms with Crippen LogP contribution in [0.25, 0.3) is 0 Å². The molecule has 1 unspecified atom stereocenters. The summed E-state index contributed by atoms with van der Waals surface area (Å²) in [6.07, 6.45) is 1.47. The van der Waals surface area contributed by atoms with Crippen molar-refractivity contribution in [3.05, 3.63) is 56.2 Å². The molecule has 4 heteroatoms. The van der Waals surface area contributed by atoms with Crippen LogP contribution in [0.4, 0.5) is 0 Å². The molecule has 0 aliphatic carbocycles. The monoisotopic (exact) mass is 310 g/mol. The Morgan fingerprint density at radius 3 is 2.65 bits per heavy atom. The highest BCUT2D eigenvalue weighted by molar-refractivity contribution is 7.10. The first-order chi connectivity index (χ1) is 9.48. The second-order valence-corrected chi connectivity index (χ2v) is 6.43. The molecule has 0 saturated heterocycles. The zero-order chi connectivity index (χ0) is 14.8. The average molecular weight is 311 g/mol. The van der Waals surface area contributed by atoms with E-state index in [0.29, 0.717) is 11.4 Å². The smallest absolute Gasteiger partial charge is 0.113 e. The van der Waals surface area contributed by atoms with E-state index in [1.165, 1.54) is 4.88 Å². The maximum Gasteiger partial charge on any atom is 0.113 e. The zero-order valence-corrected chi connectivity index (χ0v) is 13.3. The fourth-order valence-corrected chi connectivity index (χ4v) is 3.43. The van der Waals surface area contributed by atoms with Crippen molar-refractivity contribution in [3.8, 4) is 0 Å². The predicted molar refractivity (Wildman–Crippen MR) is 84.6 cm³/mol. The van der Waals surface area contributed by atoms with Crippen LogP contribution in [-0.2, 0) is 18.4 Å². The molecule has 0 saturated carbocycles. The Hall–Kier alpha value is -0.870. The lowest BCUT2D eigenvalue weighted by atomic mass is 9.85. The summed E-state index contributed by atoms with van der Waals surface area (Å²) in [5, 5.41) is 22.7. The molecule has 108 valence electrons. The lowest BCUT2D eigenvalue weighted by Crippen LogP contribution is -2.24. The Morgan fingerprint density at radius 2 is 2.05 bits per heavy atom. The molecule has 2 nitrogen and oxygen atoms in total. The molecule has 0 amide bonds. The molecular formula is C16H19ClO2S. The molecule has 0 bridgehead atoms. The third-order valence-corrected chi connectivity index (χ3v) is 4.86. The summed E-state index contributed by atoms with van der Waals surface area (Å²) >= 11 is 7.72. The molecule has 0 aliphatic rings. The van der Waals surface area contributed by atoms with Crippen LogP contribution in [0.3, 0.4) is 0 Å². The lowest BCUT2D eigenvalue weighted by molar-refractivity contribution is 0.101. The van der Waals surface area contributed by atoms with Gasteiger partial charge in [-0.1, -0.05) is 24.6 Å². The highest BCUT2D eigenvalue weighted by atomic mass is 35.5. The molecular weight excluding hydrogens is 292 g/mol. The standard InChI is InChI=1S/C16H19ClO2S/c1-3-14-8-12(10-20-14)16(2,19)15-9-13(17)5-4-11(15)6-7-18/h4-5,8-10,18-19H,3,6-7H2,1-2H3. The average Bonchev–Trinajstić information content (AvgIpc) is 2.90. The van der Waals surface area contributed by atoms with Gasteiger partial charge in [0.05, 0.1) is 0 Å². The maximum atomic E-state index is 11.0. The molecule has 2 N–H and O–H groups in total. The van der Waals surface area contributed by atoms with Crippen LogP contribution in [0.5, 0.6) is 0 Å².